The minimum Gasteiger partial charge on any atom is -0.465 e. The maximum Gasteiger partial charge on any atom is 0.341 e. The Morgan fingerprint density at radius 1 is 1.29 bits per heavy atom. The van der Waals surface area contributed by atoms with Gasteiger partial charge < -0.3 is 4.74 Å². The Labute approximate surface area is 85.1 Å². The molecule has 0 unspecified atom stereocenters. The third-order valence-electron chi connectivity index (χ3n) is 1.94. The minimum absolute atomic E-state index is 0.170. The molecule has 3 nitrogen and oxygen atoms in total. The number of allylic oxidation sites excluding steroid dienone is 1. The fourth-order valence-electron chi connectivity index (χ4n) is 1.12. The molecule has 0 aromatic rings. The topological polar surface area (TPSA) is 43.4 Å². The van der Waals surface area contributed by atoms with Gasteiger partial charge >= 0.3 is 5.97 Å². The van der Waals surface area contributed by atoms with E-state index in [1.807, 2.05) is 0 Å². The van der Waals surface area contributed by atoms with Gasteiger partial charge in [-0.3, -0.25) is 4.79 Å². The van der Waals surface area contributed by atoms with Crippen LogP contribution in [0.1, 0.15) is 39.5 Å². The van der Waals surface area contributed by atoms with Gasteiger partial charge in [-0.1, -0.05) is 25.8 Å². The van der Waals surface area contributed by atoms with Crippen LogP contribution in [0.4, 0.5) is 0 Å². The highest BCUT2D eigenvalue weighted by Crippen LogP contribution is 2.06. The van der Waals surface area contributed by atoms with E-state index >= 15 is 0 Å². The van der Waals surface area contributed by atoms with Crippen LogP contribution >= 0.6 is 0 Å². The molecule has 0 heterocycles. The van der Waals surface area contributed by atoms with Crippen molar-refractivity contribution in [1.82, 2.24) is 0 Å². The van der Waals surface area contributed by atoms with Crippen LogP contribution < -0.4 is 0 Å². The van der Waals surface area contributed by atoms with Gasteiger partial charge in [-0.2, -0.15) is 0 Å². The molecule has 3 heteroatoms. The second kappa shape index (κ2) is 7.30. The van der Waals surface area contributed by atoms with Crippen LogP contribution in [0, 0.1) is 0 Å². The second-order valence-electron chi connectivity index (χ2n) is 3.16. The largest absolute Gasteiger partial charge is 0.465 e. The van der Waals surface area contributed by atoms with Crippen LogP contribution in [0.15, 0.2) is 11.6 Å². The van der Waals surface area contributed by atoms with Crippen molar-refractivity contribution in [3.8, 4) is 0 Å². The van der Waals surface area contributed by atoms with Gasteiger partial charge in [0, 0.05) is 0 Å². The fraction of sp³-hybridized carbons (Fsp3) is 0.636. The molecule has 0 radical (unpaired) electrons. The van der Waals surface area contributed by atoms with Gasteiger partial charge in [0.25, 0.3) is 0 Å². The van der Waals surface area contributed by atoms with Gasteiger partial charge in [0.1, 0.15) is 0 Å². The summed E-state index contributed by atoms with van der Waals surface area (Å²) < 4.78 is 4.50. The highest BCUT2D eigenvalue weighted by atomic mass is 16.5. The van der Waals surface area contributed by atoms with E-state index in [0.29, 0.717) is 0 Å². The molecule has 0 aliphatic rings. The third kappa shape index (κ3) is 4.80. The number of carbonyl (C=O) groups excluding carboxylic acids is 2. The van der Waals surface area contributed by atoms with Crippen molar-refractivity contribution in [3.05, 3.63) is 11.6 Å². The summed E-state index contributed by atoms with van der Waals surface area (Å²) >= 11 is 0. The molecule has 0 atom stereocenters. The van der Waals surface area contributed by atoms with Gasteiger partial charge in [-0.15, -0.1) is 0 Å². The highest BCUT2D eigenvalue weighted by Gasteiger charge is 2.13. The molecule has 0 aromatic carbocycles. The molecule has 0 aliphatic heterocycles. The second-order valence-corrected chi connectivity index (χ2v) is 3.16. The number of ether oxygens (including phenoxy) is 1. The molecule has 0 N–H and O–H groups in total. The lowest BCUT2D eigenvalue weighted by molar-refractivity contribution is -0.137. The van der Waals surface area contributed by atoms with E-state index < -0.39 is 5.97 Å². The summed E-state index contributed by atoms with van der Waals surface area (Å²) in [6.07, 6.45) is 5.68. The maximum atomic E-state index is 11.1. The summed E-state index contributed by atoms with van der Waals surface area (Å²) in [4.78, 5) is 22.1. The first kappa shape index (κ1) is 12.9. The van der Waals surface area contributed by atoms with Gasteiger partial charge in [0.2, 0.25) is 0 Å². The molecule has 0 saturated heterocycles. The van der Waals surface area contributed by atoms with E-state index in [9.17, 15) is 9.59 Å². The number of carbonyl (C=O) groups is 2. The number of esters is 1. The van der Waals surface area contributed by atoms with Crippen LogP contribution in [0.5, 0.6) is 0 Å². The van der Waals surface area contributed by atoms with Crippen LogP contribution in [-0.4, -0.2) is 18.9 Å². The van der Waals surface area contributed by atoms with Crippen molar-refractivity contribution in [2.75, 3.05) is 7.11 Å². The lowest BCUT2D eigenvalue weighted by Crippen LogP contribution is -2.11. The zero-order chi connectivity index (χ0) is 11.0. The number of unbranched alkanes of at least 4 members (excludes halogenated alkanes) is 3. The fourth-order valence-corrected chi connectivity index (χ4v) is 1.12. The predicted molar refractivity (Wildman–Crippen MR) is 54.9 cm³/mol. The molecule has 0 amide bonds. The average molecular weight is 198 g/mol. The smallest absolute Gasteiger partial charge is 0.341 e. The molecule has 80 valence electrons. The lowest BCUT2D eigenvalue weighted by Gasteiger charge is -2.00. The summed E-state index contributed by atoms with van der Waals surface area (Å²) in [5.41, 5.74) is 0.170. The van der Waals surface area contributed by atoms with E-state index in [0.717, 1.165) is 25.7 Å². The number of Topliss-reactive ketones (excluding diaryl/α,β-unsaturated/α-hetero) is 1. The molecule has 0 bridgehead atoms. The average Bonchev–Trinajstić information content (AvgIpc) is 2.16. The van der Waals surface area contributed by atoms with E-state index in [2.05, 4.69) is 11.7 Å². The first-order valence-electron chi connectivity index (χ1n) is 4.92. The Hall–Kier alpha value is -1.12. The van der Waals surface area contributed by atoms with Gasteiger partial charge in [0.15, 0.2) is 5.78 Å². The standard InChI is InChI=1S/C11H18O3/c1-4-5-6-7-8-10(9(2)12)11(13)14-3/h8H,4-7H2,1-3H3/b10-8+. The van der Waals surface area contributed by atoms with Crippen molar-refractivity contribution in [2.24, 2.45) is 0 Å². The first-order valence-corrected chi connectivity index (χ1v) is 4.92. The monoisotopic (exact) mass is 198 g/mol. The zero-order valence-corrected chi connectivity index (χ0v) is 9.13. The normalized spacial score (nSPS) is 11.2. The third-order valence-corrected chi connectivity index (χ3v) is 1.94. The van der Waals surface area contributed by atoms with E-state index in [1.54, 1.807) is 6.08 Å². The molecule has 0 saturated carbocycles. The van der Waals surface area contributed by atoms with Crippen LogP contribution in [0.3, 0.4) is 0 Å². The number of ketones is 1. The maximum absolute atomic E-state index is 11.1. The molecule has 0 aliphatic carbocycles. The van der Waals surface area contributed by atoms with Gasteiger partial charge in [0.05, 0.1) is 12.7 Å². The molecule has 0 aromatic heterocycles. The van der Waals surface area contributed by atoms with Crippen LogP contribution in [0.2, 0.25) is 0 Å². The van der Waals surface area contributed by atoms with Crippen molar-refractivity contribution in [1.29, 1.82) is 0 Å². The van der Waals surface area contributed by atoms with Crippen molar-refractivity contribution in [2.45, 2.75) is 39.5 Å². The quantitative estimate of drug-likeness (QED) is 0.216. The summed E-state index contributed by atoms with van der Waals surface area (Å²) in [5, 5.41) is 0. The zero-order valence-electron chi connectivity index (χ0n) is 9.13. The molecule has 0 rings (SSSR count). The van der Waals surface area contributed by atoms with Crippen LogP contribution in [0.25, 0.3) is 0 Å². The molecule has 0 spiro atoms. The van der Waals surface area contributed by atoms with E-state index in [-0.39, 0.29) is 11.4 Å². The van der Waals surface area contributed by atoms with Crippen molar-refractivity contribution < 1.29 is 14.3 Å². The Balaban J connectivity index is 4.20. The minimum atomic E-state index is -0.533. The van der Waals surface area contributed by atoms with E-state index in [4.69, 9.17) is 0 Å². The van der Waals surface area contributed by atoms with Gasteiger partial charge in [-0.25, -0.2) is 4.79 Å². The Kier molecular flexibility index (Phi) is 6.72. The number of hydrogen-bond donors (Lipinski definition) is 0. The highest BCUT2D eigenvalue weighted by molar-refractivity contribution is 6.16. The molecular weight excluding hydrogens is 180 g/mol. The molecule has 0 fully saturated rings. The Morgan fingerprint density at radius 3 is 2.36 bits per heavy atom. The summed E-state index contributed by atoms with van der Waals surface area (Å²) in [5.74, 6) is -0.762. The molecule has 14 heavy (non-hydrogen) atoms. The van der Waals surface area contributed by atoms with Crippen LogP contribution in [-0.2, 0) is 14.3 Å². The predicted octanol–water partition coefficient (Wildman–Crippen LogP) is 2.26. The first-order chi connectivity index (χ1) is 6.63. The van der Waals surface area contributed by atoms with Crippen molar-refractivity contribution >= 4 is 11.8 Å². The Morgan fingerprint density at radius 2 is 1.93 bits per heavy atom. The lowest BCUT2D eigenvalue weighted by atomic mass is 10.1. The summed E-state index contributed by atoms with van der Waals surface area (Å²) in [6, 6.07) is 0. The summed E-state index contributed by atoms with van der Waals surface area (Å²) in [6.45, 7) is 3.48. The number of rotatable bonds is 6. The SMILES string of the molecule is CCCCC/C=C(\C(C)=O)C(=O)OC. The summed E-state index contributed by atoms with van der Waals surface area (Å²) in [7, 11) is 1.28. The van der Waals surface area contributed by atoms with Gasteiger partial charge in [-0.05, 0) is 19.8 Å². The number of methoxy groups -OCH3 is 1. The molecular formula is C11H18O3. The Bertz CT molecular complexity index is 229. The number of hydrogen-bond acceptors (Lipinski definition) is 3. The van der Waals surface area contributed by atoms with Crippen molar-refractivity contribution in [3.63, 3.8) is 0 Å². The van der Waals surface area contributed by atoms with E-state index in [1.165, 1.54) is 14.0 Å².